The van der Waals surface area contributed by atoms with Crippen LogP contribution in [0.15, 0.2) is 29.2 Å². The average Bonchev–Trinajstić information content (AvgIpc) is 2.18. The van der Waals surface area contributed by atoms with Crippen LogP contribution in [0.4, 0.5) is 4.79 Å². The number of carbonyl (C=O) groups excluding carboxylic acids is 1. The van der Waals surface area contributed by atoms with Gasteiger partial charge in [0.2, 0.25) is 0 Å². The van der Waals surface area contributed by atoms with E-state index in [1.54, 1.807) is 10.8 Å². The molecule has 75 valence electrons. The van der Waals surface area contributed by atoms with Crippen LogP contribution >= 0.6 is 0 Å². The first-order chi connectivity index (χ1) is 6.56. The summed E-state index contributed by atoms with van der Waals surface area (Å²) in [5.74, 6) is 0. The molecule has 0 aliphatic heterocycles. The molecule has 1 N–H and O–H groups in total. The number of carbonyl (C=O) groups is 1. The summed E-state index contributed by atoms with van der Waals surface area (Å²) in [5, 5.41) is 0. The molecule has 1 aromatic carbocycles. The Hall–Kier alpha value is -1.56. The Morgan fingerprint density at radius 3 is 2.71 bits per heavy atom. The van der Waals surface area contributed by atoms with E-state index in [-0.39, 0.29) is 4.90 Å². The van der Waals surface area contributed by atoms with Crippen LogP contribution in [-0.4, -0.2) is 21.6 Å². The third kappa shape index (κ3) is 2.46. The van der Waals surface area contributed by atoms with Gasteiger partial charge in [-0.15, -0.1) is 0 Å². The molecule has 0 bridgehead atoms. The Morgan fingerprint density at radius 1 is 1.50 bits per heavy atom. The van der Waals surface area contributed by atoms with Gasteiger partial charge in [0.05, 0.1) is 12.0 Å². The van der Waals surface area contributed by atoms with Crippen molar-refractivity contribution in [3.63, 3.8) is 0 Å². The van der Waals surface area contributed by atoms with E-state index in [9.17, 15) is 13.2 Å². The number of methoxy groups -OCH3 is 1. The summed E-state index contributed by atoms with van der Waals surface area (Å²) in [6, 6.07) is 8.39. The second kappa shape index (κ2) is 4.10. The quantitative estimate of drug-likeness (QED) is 0.779. The van der Waals surface area contributed by atoms with Gasteiger partial charge in [0, 0.05) is 6.07 Å². The van der Waals surface area contributed by atoms with E-state index in [0.717, 1.165) is 7.11 Å². The molecule has 6 heteroatoms. The summed E-state index contributed by atoms with van der Waals surface area (Å²) in [5.41, 5.74) is 0. The molecule has 0 unspecified atom stereocenters. The number of amides is 1. The minimum Gasteiger partial charge on any atom is -0.452 e. The lowest BCUT2D eigenvalue weighted by Gasteiger charge is -2.04. The van der Waals surface area contributed by atoms with E-state index < -0.39 is 16.1 Å². The van der Waals surface area contributed by atoms with Crippen molar-refractivity contribution in [3.8, 4) is 0 Å². The molecule has 0 aliphatic rings. The highest BCUT2D eigenvalue weighted by Crippen LogP contribution is 2.05. The van der Waals surface area contributed by atoms with Crippen LogP contribution in [0.1, 0.15) is 0 Å². The highest BCUT2D eigenvalue weighted by molar-refractivity contribution is 7.90. The van der Waals surface area contributed by atoms with Crippen molar-refractivity contribution < 1.29 is 17.9 Å². The van der Waals surface area contributed by atoms with Gasteiger partial charge in [-0.3, -0.25) is 0 Å². The van der Waals surface area contributed by atoms with Gasteiger partial charge in [-0.2, -0.15) is 0 Å². The SMILES string of the molecule is COC(=O)NS(=O)(=O)c1[c]cccc1. The van der Waals surface area contributed by atoms with Crippen molar-refractivity contribution in [3.05, 3.63) is 30.3 Å². The second-order valence-corrected chi connectivity index (χ2v) is 3.97. The highest BCUT2D eigenvalue weighted by atomic mass is 32.2. The van der Waals surface area contributed by atoms with Gasteiger partial charge in [-0.25, -0.2) is 17.9 Å². The maximum absolute atomic E-state index is 11.4. The third-order valence-corrected chi connectivity index (χ3v) is 2.64. The van der Waals surface area contributed by atoms with Gasteiger partial charge in [-0.05, 0) is 6.07 Å². The molecular formula is C8H8NO4S. The van der Waals surface area contributed by atoms with E-state index in [1.165, 1.54) is 18.2 Å². The van der Waals surface area contributed by atoms with E-state index in [4.69, 9.17) is 0 Å². The number of nitrogens with one attached hydrogen (secondary N) is 1. The fourth-order valence-corrected chi connectivity index (χ4v) is 1.64. The minimum absolute atomic E-state index is 0.106. The van der Waals surface area contributed by atoms with Crippen LogP contribution in [-0.2, 0) is 14.8 Å². The molecule has 1 aromatic rings. The lowest BCUT2D eigenvalue weighted by Crippen LogP contribution is -2.30. The summed E-state index contributed by atoms with van der Waals surface area (Å²) < 4.78 is 28.6. The zero-order chi connectivity index (χ0) is 10.6. The molecule has 14 heavy (non-hydrogen) atoms. The lowest BCUT2D eigenvalue weighted by atomic mass is 10.4. The lowest BCUT2D eigenvalue weighted by molar-refractivity contribution is 0.177. The Labute approximate surface area is 81.7 Å². The monoisotopic (exact) mass is 214 g/mol. The molecular weight excluding hydrogens is 206 g/mol. The zero-order valence-electron chi connectivity index (χ0n) is 7.35. The zero-order valence-corrected chi connectivity index (χ0v) is 8.17. The minimum atomic E-state index is -3.85. The molecule has 0 fully saturated rings. The Kier molecular flexibility index (Phi) is 3.08. The van der Waals surface area contributed by atoms with Gasteiger partial charge in [0.25, 0.3) is 10.0 Å². The molecule has 1 amide bonds. The summed E-state index contributed by atoms with van der Waals surface area (Å²) in [6.07, 6.45) is -1.03. The maximum Gasteiger partial charge on any atom is 0.420 e. The Balaban J connectivity index is 2.93. The first kappa shape index (κ1) is 10.5. The van der Waals surface area contributed by atoms with Crippen LogP contribution in [0, 0.1) is 6.07 Å². The number of benzene rings is 1. The predicted molar refractivity (Wildman–Crippen MR) is 48.0 cm³/mol. The second-order valence-electron chi connectivity index (χ2n) is 2.32. The molecule has 0 atom stereocenters. The number of hydrogen-bond acceptors (Lipinski definition) is 4. The van der Waals surface area contributed by atoms with E-state index in [2.05, 4.69) is 10.8 Å². The molecule has 0 aliphatic carbocycles. The van der Waals surface area contributed by atoms with Crippen LogP contribution in [0.5, 0.6) is 0 Å². The fraction of sp³-hybridized carbons (Fsp3) is 0.125. The topological polar surface area (TPSA) is 72.5 Å². The van der Waals surface area contributed by atoms with Crippen molar-refractivity contribution in [1.29, 1.82) is 0 Å². The highest BCUT2D eigenvalue weighted by Gasteiger charge is 2.16. The van der Waals surface area contributed by atoms with Gasteiger partial charge in [0.15, 0.2) is 0 Å². The van der Waals surface area contributed by atoms with E-state index >= 15 is 0 Å². The Morgan fingerprint density at radius 2 is 2.21 bits per heavy atom. The molecule has 0 saturated carbocycles. The summed E-state index contributed by atoms with van der Waals surface area (Å²) in [6.45, 7) is 0. The van der Waals surface area contributed by atoms with E-state index in [0.29, 0.717) is 0 Å². The van der Waals surface area contributed by atoms with Gasteiger partial charge in [-0.1, -0.05) is 18.2 Å². The predicted octanol–water partition coefficient (Wildman–Crippen LogP) is 0.531. The largest absolute Gasteiger partial charge is 0.452 e. The summed E-state index contributed by atoms with van der Waals surface area (Å²) in [7, 11) is -2.77. The number of hydrogen-bond donors (Lipinski definition) is 1. The fourth-order valence-electron chi connectivity index (χ4n) is 0.750. The maximum atomic E-state index is 11.4. The van der Waals surface area contributed by atoms with Crippen LogP contribution in [0.3, 0.4) is 0 Å². The average molecular weight is 214 g/mol. The molecule has 1 radical (unpaired) electrons. The molecule has 1 rings (SSSR count). The number of rotatable bonds is 2. The Bertz CT molecular complexity index is 412. The molecule has 0 spiro atoms. The molecule has 0 aromatic heterocycles. The molecule has 0 heterocycles. The van der Waals surface area contributed by atoms with Crippen LogP contribution in [0.2, 0.25) is 0 Å². The smallest absolute Gasteiger partial charge is 0.420 e. The van der Waals surface area contributed by atoms with Crippen molar-refractivity contribution in [2.45, 2.75) is 4.90 Å². The van der Waals surface area contributed by atoms with Crippen molar-refractivity contribution in [2.75, 3.05) is 7.11 Å². The standard InChI is InChI=1S/C8H8NO4S/c1-13-8(10)9-14(11,12)7-5-3-2-4-6-7/h2-5H,1H3,(H,9,10). The number of sulfonamides is 1. The molecule has 0 saturated heterocycles. The third-order valence-electron chi connectivity index (χ3n) is 1.37. The van der Waals surface area contributed by atoms with Crippen molar-refractivity contribution >= 4 is 16.1 Å². The summed E-state index contributed by atoms with van der Waals surface area (Å²) >= 11 is 0. The summed E-state index contributed by atoms with van der Waals surface area (Å²) in [4.78, 5) is 10.6. The first-order valence-electron chi connectivity index (χ1n) is 3.64. The molecule has 5 nitrogen and oxygen atoms in total. The van der Waals surface area contributed by atoms with Gasteiger partial charge in [0.1, 0.15) is 0 Å². The van der Waals surface area contributed by atoms with Crippen LogP contribution < -0.4 is 4.72 Å². The van der Waals surface area contributed by atoms with Crippen molar-refractivity contribution in [2.24, 2.45) is 0 Å². The first-order valence-corrected chi connectivity index (χ1v) is 5.12. The van der Waals surface area contributed by atoms with Gasteiger partial charge >= 0.3 is 6.09 Å². The normalized spacial score (nSPS) is 10.6. The number of ether oxygens (including phenoxy) is 1. The van der Waals surface area contributed by atoms with Crippen LogP contribution in [0.25, 0.3) is 0 Å². The van der Waals surface area contributed by atoms with Gasteiger partial charge < -0.3 is 4.74 Å². The van der Waals surface area contributed by atoms with E-state index in [1.807, 2.05) is 0 Å². The van der Waals surface area contributed by atoms with Crippen molar-refractivity contribution in [1.82, 2.24) is 4.72 Å².